The van der Waals surface area contributed by atoms with E-state index in [2.05, 4.69) is 4.98 Å². The zero-order valence-electron chi connectivity index (χ0n) is 11.5. The number of benzene rings is 1. The molecule has 1 aliphatic rings. The molecule has 0 saturated carbocycles. The van der Waals surface area contributed by atoms with Gasteiger partial charge in [0.2, 0.25) is 0 Å². The van der Waals surface area contributed by atoms with E-state index in [0.717, 1.165) is 16.8 Å². The van der Waals surface area contributed by atoms with Crippen LogP contribution in [0, 0.1) is 0 Å². The molecule has 0 bridgehead atoms. The molecule has 110 valence electrons. The lowest BCUT2D eigenvalue weighted by Gasteiger charge is -2.16. The molecule has 1 aliphatic heterocycles. The number of anilines is 1. The van der Waals surface area contributed by atoms with Crippen LogP contribution < -0.4 is 5.73 Å². The summed E-state index contributed by atoms with van der Waals surface area (Å²) >= 11 is 0. The highest BCUT2D eigenvalue weighted by Crippen LogP contribution is 2.37. The van der Waals surface area contributed by atoms with Crippen LogP contribution in [-0.4, -0.2) is 34.0 Å². The summed E-state index contributed by atoms with van der Waals surface area (Å²) < 4.78 is 5.73. The fourth-order valence-corrected chi connectivity index (χ4v) is 2.67. The molecule has 0 unspecified atom stereocenters. The van der Waals surface area contributed by atoms with Crippen LogP contribution in [0.15, 0.2) is 42.5 Å². The highest BCUT2D eigenvalue weighted by Gasteiger charge is 2.35. The minimum absolute atomic E-state index is 0.194. The number of nitrogen functional groups attached to an aromatic ring is 1. The third kappa shape index (κ3) is 2.76. The highest BCUT2D eigenvalue weighted by atomic mass is 16.5. The average Bonchev–Trinajstić information content (AvgIpc) is 2.89. The van der Waals surface area contributed by atoms with Crippen molar-refractivity contribution in [2.75, 3.05) is 12.3 Å². The number of hydrogen-bond acceptors (Lipinski definition) is 5. The molecule has 3 atom stereocenters. The Morgan fingerprint density at radius 1 is 1.19 bits per heavy atom. The van der Waals surface area contributed by atoms with Gasteiger partial charge >= 0.3 is 0 Å². The van der Waals surface area contributed by atoms with Gasteiger partial charge in [0, 0.05) is 17.5 Å². The molecule has 0 spiro atoms. The fraction of sp³-hybridized carbons (Fsp3) is 0.312. The van der Waals surface area contributed by atoms with Gasteiger partial charge in [0.25, 0.3) is 0 Å². The lowest BCUT2D eigenvalue weighted by Crippen LogP contribution is -2.24. The summed E-state index contributed by atoms with van der Waals surface area (Å²) in [5, 5.41) is 19.1. The van der Waals surface area contributed by atoms with Crippen molar-refractivity contribution < 1.29 is 14.9 Å². The molecule has 4 N–H and O–H groups in total. The lowest BCUT2D eigenvalue weighted by molar-refractivity contribution is -0.0224. The largest absolute Gasteiger partial charge is 0.394 e. The van der Waals surface area contributed by atoms with Crippen molar-refractivity contribution in [1.29, 1.82) is 0 Å². The standard InChI is InChI=1S/C16H18N2O3/c17-15-7-6-11(13-8-12(20)14(9-19)21-13)16(18-15)10-4-2-1-3-5-10/h1-7,12-14,19-20H,8-9H2,(H2,17,18)/t12-,13+,14+/m0/s1. The van der Waals surface area contributed by atoms with E-state index in [-0.39, 0.29) is 12.7 Å². The highest BCUT2D eigenvalue weighted by molar-refractivity contribution is 5.65. The van der Waals surface area contributed by atoms with Gasteiger partial charge in [-0.3, -0.25) is 0 Å². The van der Waals surface area contributed by atoms with E-state index < -0.39 is 12.2 Å². The van der Waals surface area contributed by atoms with Gasteiger partial charge in [-0.2, -0.15) is 0 Å². The second kappa shape index (κ2) is 5.81. The Balaban J connectivity index is 2.00. The minimum atomic E-state index is -0.666. The first-order valence-electron chi connectivity index (χ1n) is 6.95. The van der Waals surface area contributed by atoms with Crippen molar-refractivity contribution in [3.05, 3.63) is 48.0 Å². The summed E-state index contributed by atoms with van der Waals surface area (Å²) in [6, 6.07) is 13.3. The van der Waals surface area contributed by atoms with Gasteiger partial charge in [-0.05, 0) is 6.07 Å². The van der Waals surface area contributed by atoms with E-state index in [9.17, 15) is 10.2 Å². The number of aliphatic hydroxyl groups is 2. The van der Waals surface area contributed by atoms with E-state index in [1.807, 2.05) is 36.4 Å². The van der Waals surface area contributed by atoms with E-state index in [1.54, 1.807) is 6.07 Å². The molecule has 1 aromatic heterocycles. The molecule has 21 heavy (non-hydrogen) atoms. The summed E-state index contributed by atoms with van der Waals surface area (Å²) in [5.74, 6) is 0.440. The Kier molecular flexibility index (Phi) is 3.88. The number of aromatic nitrogens is 1. The average molecular weight is 286 g/mol. The zero-order chi connectivity index (χ0) is 14.8. The van der Waals surface area contributed by atoms with Gasteiger partial charge in [-0.25, -0.2) is 4.98 Å². The second-order valence-corrected chi connectivity index (χ2v) is 5.19. The molecule has 1 aromatic carbocycles. The van der Waals surface area contributed by atoms with Crippen LogP contribution in [-0.2, 0) is 4.74 Å². The molecule has 0 amide bonds. The monoisotopic (exact) mass is 286 g/mol. The first kappa shape index (κ1) is 14.0. The molecule has 5 heteroatoms. The van der Waals surface area contributed by atoms with E-state index >= 15 is 0 Å². The summed E-state index contributed by atoms with van der Waals surface area (Å²) in [4.78, 5) is 4.42. The Bertz CT molecular complexity index is 618. The SMILES string of the molecule is Nc1ccc([C@H]2C[C@H](O)[C@@H](CO)O2)c(-c2ccccc2)n1. The summed E-state index contributed by atoms with van der Waals surface area (Å²) in [7, 11) is 0. The van der Waals surface area contributed by atoms with Gasteiger partial charge in [-0.1, -0.05) is 36.4 Å². The smallest absolute Gasteiger partial charge is 0.124 e. The lowest BCUT2D eigenvalue weighted by atomic mass is 9.99. The van der Waals surface area contributed by atoms with E-state index in [1.165, 1.54) is 0 Å². The first-order valence-corrected chi connectivity index (χ1v) is 6.95. The van der Waals surface area contributed by atoms with Crippen LogP contribution in [0.3, 0.4) is 0 Å². The van der Waals surface area contributed by atoms with Crippen molar-refractivity contribution in [3.63, 3.8) is 0 Å². The Morgan fingerprint density at radius 2 is 1.95 bits per heavy atom. The number of nitrogens with zero attached hydrogens (tertiary/aromatic N) is 1. The first-order chi connectivity index (χ1) is 10.2. The number of rotatable bonds is 3. The predicted octanol–water partition coefficient (Wildman–Crippen LogP) is 1.51. The predicted molar refractivity (Wildman–Crippen MR) is 79.4 cm³/mol. The maximum Gasteiger partial charge on any atom is 0.124 e. The number of pyridine rings is 1. The van der Waals surface area contributed by atoms with Crippen LogP contribution in [0.4, 0.5) is 5.82 Å². The maximum absolute atomic E-state index is 9.91. The number of hydrogen-bond donors (Lipinski definition) is 3. The molecular weight excluding hydrogens is 268 g/mol. The van der Waals surface area contributed by atoms with Crippen LogP contribution >= 0.6 is 0 Å². The van der Waals surface area contributed by atoms with Crippen LogP contribution in [0.25, 0.3) is 11.3 Å². The Morgan fingerprint density at radius 3 is 2.62 bits per heavy atom. The van der Waals surface area contributed by atoms with E-state index in [4.69, 9.17) is 10.5 Å². The summed E-state index contributed by atoms with van der Waals surface area (Å²) in [5.41, 5.74) is 8.39. The Hall–Kier alpha value is -1.95. The minimum Gasteiger partial charge on any atom is -0.394 e. The molecule has 2 aromatic rings. The van der Waals surface area contributed by atoms with Crippen molar-refractivity contribution in [2.24, 2.45) is 0 Å². The molecule has 0 radical (unpaired) electrons. The van der Waals surface area contributed by atoms with Crippen LogP contribution in [0.5, 0.6) is 0 Å². The number of nitrogens with two attached hydrogens (primary N) is 1. The van der Waals surface area contributed by atoms with Crippen LogP contribution in [0.2, 0.25) is 0 Å². The molecule has 2 heterocycles. The normalized spacial score (nSPS) is 25.1. The summed E-state index contributed by atoms with van der Waals surface area (Å²) in [6.45, 7) is -0.194. The molecule has 1 saturated heterocycles. The molecule has 1 fully saturated rings. The quantitative estimate of drug-likeness (QED) is 0.796. The second-order valence-electron chi connectivity index (χ2n) is 5.19. The van der Waals surface area contributed by atoms with Crippen molar-refractivity contribution >= 4 is 5.82 Å². The molecule has 3 rings (SSSR count). The van der Waals surface area contributed by atoms with Gasteiger partial charge in [0.05, 0.1) is 24.5 Å². The molecule has 5 nitrogen and oxygen atoms in total. The van der Waals surface area contributed by atoms with Gasteiger partial charge in [0.1, 0.15) is 11.9 Å². The third-order valence-electron chi connectivity index (χ3n) is 3.75. The Labute approximate surface area is 123 Å². The molecule has 0 aliphatic carbocycles. The van der Waals surface area contributed by atoms with Gasteiger partial charge in [0.15, 0.2) is 0 Å². The van der Waals surface area contributed by atoms with Crippen molar-refractivity contribution in [2.45, 2.75) is 24.7 Å². The fourth-order valence-electron chi connectivity index (χ4n) is 2.67. The van der Waals surface area contributed by atoms with Crippen molar-refractivity contribution in [1.82, 2.24) is 4.98 Å². The van der Waals surface area contributed by atoms with E-state index in [0.29, 0.717) is 12.2 Å². The maximum atomic E-state index is 9.91. The third-order valence-corrected chi connectivity index (χ3v) is 3.75. The zero-order valence-corrected chi connectivity index (χ0v) is 11.5. The molecular formula is C16H18N2O3. The van der Waals surface area contributed by atoms with Gasteiger partial charge in [-0.15, -0.1) is 0 Å². The van der Waals surface area contributed by atoms with Crippen LogP contribution in [0.1, 0.15) is 18.1 Å². The number of ether oxygens (including phenoxy) is 1. The number of aliphatic hydroxyl groups excluding tert-OH is 2. The topological polar surface area (TPSA) is 88.6 Å². The summed E-state index contributed by atoms with van der Waals surface area (Å²) in [6.07, 6.45) is -1.06. The van der Waals surface area contributed by atoms with Gasteiger partial charge < -0.3 is 20.7 Å². The van der Waals surface area contributed by atoms with Crippen molar-refractivity contribution in [3.8, 4) is 11.3 Å².